The highest BCUT2D eigenvalue weighted by molar-refractivity contribution is 6.71. The fraction of sp³-hybridized carbons (Fsp3) is 0.800. The van der Waals surface area contributed by atoms with Gasteiger partial charge in [0.25, 0.3) is 0 Å². The summed E-state index contributed by atoms with van der Waals surface area (Å²) in [5.74, 6) is 0.0641. The first-order chi connectivity index (χ1) is 10.1. The van der Waals surface area contributed by atoms with Gasteiger partial charge in [-0.2, -0.15) is 15.5 Å². The molecule has 0 saturated carbocycles. The van der Waals surface area contributed by atoms with Gasteiger partial charge in [-0.1, -0.05) is 0 Å². The molecular formula is C10H20N6O5Si. The molecule has 0 aromatic heterocycles. The van der Waals surface area contributed by atoms with E-state index in [9.17, 15) is 0 Å². The molecule has 0 bridgehead atoms. The number of nitrogens with one attached hydrogen (secondary N) is 1. The lowest BCUT2D eigenvalue weighted by Crippen LogP contribution is -2.52. The molecule has 1 heterocycles. The van der Waals surface area contributed by atoms with Gasteiger partial charge in [0.15, 0.2) is 11.4 Å². The molecule has 0 spiro atoms. The summed E-state index contributed by atoms with van der Waals surface area (Å²) in [5, 5.41) is 38.4. The van der Waals surface area contributed by atoms with Crippen LogP contribution < -0.4 is 0 Å². The molecule has 22 heavy (non-hydrogen) atoms. The van der Waals surface area contributed by atoms with E-state index < -0.39 is 19.4 Å². The van der Waals surface area contributed by atoms with Crippen molar-refractivity contribution in [3.05, 3.63) is 0 Å². The molecule has 12 heteroatoms. The maximum Gasteiger partial charge on any atom is 0.243 e. The van der Waals surface area contributed by atoms with Gasteiger partial charge in [0.2, 0.25) is 14.2 Å². The Bertz CT molecular complexity index is 518. The molecule has 0 saturated heterocycles. The fourth-order valence-electron chi connectivity index (χ4n) is 1.97. The summed E-state index contributed by atoms with van der Waals surface area (Å²) >= 11 is 0. The molecule has 0 amide bonds. The van der Waals surface area contributed by atoms with Gasteiger partial charge >= 0.3 is 0 Å². The zero-order valence-electron chi connectivity index (χ0n) is 13.1. The van der Waals surface area contributed by atoms with Gasteiger partial charge in [0, 0.05) is 6.42 Å². The summed E-state index contributed by atoms with van der Waals surface area (Å²) in [5.41, 5.74) is -2.34. The monoisotopic (exact) mass is 332 g/mol. The molecule has 1 aliphatic rings. The highest BCUT2D eigenvalue weighted by Crippen LogP contribution is 2.36. The Morgan fingerprint density at radius 2 is 1.59 bits per heavy atom. The molecule has 1 aliphatic heterocycles. The van der Waals surface area contributed by atoms with Crippen LogP contribution in [0, 0.1) is 5.41 Å². The van der Waals surface area contributed by atoms with Gasteiger partial charge in [-0.25, -0.2) is 9.98 Å². The average Bonchev–Trinajstić information content (AvgIpc) is 2.39. The standard InChI is InChI=1S/C10H20N6O5Si/c1-9(13-15-20-17)6-10(2,14-16-21-18)8(12-7(9)11)19-22(3,4)5/h11,17-18H,6H2,1-5H3/b11-7?,15-13-,16-14-. The van der Waals surface area contributed by atoms with Crippen LogP contribution >= 0.6 is 0 Å². The molecule has 0 radical (unpaired) electrons. The third-order valence-corrected chi connectivity index (χ3v) is 3.68. The van der Waals surface area contributed by atoms with Crippen LogP contribution in [0.5, 0.6) is 0 Å². The SMILES string of the molecule is CC1(/N=N\OO)CC(C)(/N=N\OO)C(O[Si](C)(C)C)=NC1=N. The van der Waals surface area contributed by atoms with E-state index in [4.69, 9.17) is 20.3 Å². The number of aliphatic imine (C=N–C) groups is 1. The Morgan fingerprint density at radius 1 is 1.09 bits per heavy atom. The summed E-state index contributed by atoms with van der Waals surface area (Å²) in [4.78, 5) is 11.3. The predicted octanol–water partition coefficient (Wildman–Crippen LogP) is 2.85. The van der Waals surface area contributed by atoms with Crippen molar-refractivity contribution in [1.29, 1.82) is 5.41 Å². The summed E-state index contributed by atoms with van der Waals surface area (Å²) in [6.45, 7) is 9.07. The Balaban J connectivity index is 3.29. The van der Waals surface area contributed by atoms with E-state index in [1.54, 1.807) is 13.8 Å². The minimum Gasteiger partial charge on any atom is -0.533 e. The lowest BCUT2D eigenvalue weighted by molar-refractivity contribution is -0.253. The maximum absolute atomic E-state index is 8.38. The van der Waals surface area contributed by atoms with Crippen molar-refractivity contribution >= 4 is 20.1 Å². The Kier molecular flexibility index (Phi) is 5.32. The van der Waals surface area contributed by atoms with Crippen LogP contribution in [0.3, 0.4) is 0 Å². The summed E-state index contributed by atoms with van der Waals surface area (Å²) < 4.78 is 5.86. The average molecular weight is 332 g/mol. The molecule has 2 unspecified atom stereocenters. The van der Waals surface area contributed by atoms with Crippen molar-refractivity contribution in [3.63, 3.8) is 0 Å². The van der Waals surface area contributed by atoms with Crippen LogP contribution in [-0.2, 0) is 14.4 Å². The lowest BCUT2D eigenvalue weighted by atomic mass is 9.82. The number of amidine groups is 1. The van der Waals surface area contributed by atoms with Gasteiger partial charge in [-0.3, -0.25) is 5.41 Å². The van der Waals surface area contributed by atoms with E-state index in [-0.39, 0.29) is 18.2 Å². The highest BCUT2D eigenvalue weighted by atomic mass is 28.4. The normalized spacial score (nSPS) is 29.8. The Hall–Kier alpha value is -1.92. The quantitative estimate of drug-likeness (QED) is 0.305. The molecule has 1 rings (SSSR count). The van der Waals surface area contributed by atoms with Crippen molar-refractivity contribution < 1.29 is 24.9 Å². The first-order valence-electron chi connectivity index (χ1n) is 6.39. The Morgan fingerprint density at radius 3 is 2.05 bits per heavy atom. The van der Waals surface area contributed by atoms with E-state index in [2.05, 4.69) is 35.8 Å². The lowest BCUT2D eigenvalue weighted by Gasteiger charge is -2.38. The molecule has 0 aromatic rings. The van der Waals surface area contributed by atoms with Crippen LogP contribution in [0.2, 0.25) is 19.6 Å². The van der Waals surface area contributed by atoms with Gasteiger partial charge in [-0.15, -0.1) is 10.2 Å². The third kappa shape index (κ3) is 4.28. The van der Waals surface area contributed by atoms with Crippen LogP contribution in [-0.4, -0.2) is 41.6 Å². The molecule has 2 atom stereocenters. The smallest absolute Gasteiger partial charge is 0.243 e. The zero-order valence-corrected chi connectivity index (χ0v) is 14.1. The van der Waals surface area contributed by atoms with Crippen LogP contribution in [0.1, 0.15) is 20.3 Å². The highest BCUT2D eigenvalue weighted by Gasteiger charge is 2.49. The molecule has 11 nitrogen and oxygen atoms in total. The van der Waals surface area contributed by atoms with E-state index >= 15 is 0 Å². The first kappa shape index (κ1) is 18.1. The topological polar surface area (TPSA) is 154 Å². The summed E-state index contributed by atoms with van der Waals surface area (Å²) in [6, 6.07) is 0. The summed E-state index contributed by atoms with van der Waals surface area (Å²) in [7, 11) is -2.03. The zero-order chi connectivity index (χ0) is 17.0. The Labute approximate surface area is 128 Å². The molecule has 0 aromatic carbocycles. The van der Waals surface area contributed by atoms with Crippen LogP contribution in [0.4, 0.5) is 0 Å². The van der Waals surface area contributed by atoms with E-state index in [0.717, 1.165) is 0 Å². The second-order valence-corrected chi connectivity index (χ2v) is 10.7. The van der Waals surface area contributed by atoms with Gasteiger partial charge < -0.3 is 4.43 Å². The minimum absolute atomic E-state index is 0.0991. The maximum atomic E-state index is 8.38. The third-order valence-electron chi connectivity index (χ3n) is 2.87. The van der Waals surface area contributed by atoms with Crippen molar-refractivity contribution in [2.24, 2.45) is 25.8 Å². The predicted molar refractivity (Wildman–Crippen MR) is 78.2 cm³/mol. The molecular weight excluding hydrogens is 312 g/mol. The van der Waals surface area contributed by atoms with Crippen molar-refractivity contribution in [1.82, 2.24) is 0 Å². The minimum atomic E-state index is -2.03. The summed E-state index contributed by atoms with van der Waals surface area (Å²) in [6.07, 6.45) is 0.0991. The van der Waals surface area contributed by atoms with Crippen molar-refractivity contribution in [2.75, 3.05) is 0 Å². The van der Waals surface area contributed by atoms with Gasteiger partial charge in [0.1, 0.15) is 5.54 Å². The van der Waals surface area contributed by atoms with E-state index in [1.807, 2.05) is 19.6 Å². The number of hydrogen-bond donors (Lipinski definition) is 3. The molecule has 124 valence electrons. The number of nitrogens with zero attached hydrogens (tertiary/aromatic N) is 5. The van der Waals surface area contributed by atoms with Crippen molar-refractivity contribution in [2.45, 2.75) is 51.0 Å². The van der Waals surface area contributed by atoms with Crippen molar-refractivity contribution in [3.8, 4) is 0 Å². The van der Waals surface area contributed by atoms with Crippen LogP contribution in [0.15, 0.2) is 25.8 Å². The van der Waals surface area contributed by atoms with Crippen LogP contribution in [0.25, 0.3) is 0 Å². The molecule has 0 aliphatic carbocycles. The number of hydrogen-bond acceptors (Lipinski definition) is 10. The fourth-order valence-corrected chi connectivity index (χ4v) is 2.82. The largest absolute Gasteiger partial charge is 0.533 e. The van der Waals surface area contributed by atoms with E-state index in [1.165, 1.54) is 0 Å². The van der Waals surface area contributed by atoms with E-state index in [0.29, 0.717) is 0 Å². The second-order valence-electron chi connectivity index (χ2n) is 6.23. The van der Waals surface area contributed by atoms with Gasteiger partial charge in [0.05, 0.1) is 10.6 Å². The second kappa shape index (κ2) is 6.45. The first-order valence-corrected chi connectivity index (χ1v) is 9.80. The molecule has 3 N–H and O–H groups in total. The van der Waals surface area contributed by atoms with Gasteiger partial charge in [-0.05, 0) is 33.5 Å². The number of rotatable bonds is 5. The molecule has 0 fully saturated rings.